The highest BCUT2D eigenvalue weighted by atomic mass is 19.1. The normalized spacial score (nSPS) is 15.8. The first-order valence-corrected chi connectivity index (χ1v) is 10.4. The minimum Gasteiger partial charge on any atom is -0.369 e. The molecule has 1 fully saturated rings. The third-order valence-electron chi connectivity index (χ3n) is 5.51. The number of carbonyl (C=O) groups excluding carboxylic acids is 1. The maximum absolute atomic E-state index is 14.0. The minimum atomic E-state index is -0.472. The Labute approximate surface area is 181 Å². The Morgan fingerprint density at radius 1 is 1.19 bits per heavy atom. The summed E-state index contributed by atoms with van der Waals surface area (Å²) >= 11 is 0. The average molecular weight is 426 g/mol. The second-order valence-electron chi connectivity index (χ2n) is 7.54. The van der Waals surface area contributed by atoms with E-state index >= 15 is 0 Å². The summed E-state index contributed by atoms with van der Waals surface area (Å²) in [4.78, 5) is 27.3. The third-order valence-corrected chi connectivity index (χ3v) is 5.51. The molecule has 8 heteroatoms. The monoisotopic (exact) mass is 426 g/mol. The number of non-ortho nitro benzene ring substituents is 1. The van der Waals surface area contributed by atoms with E-state index in [4.69, 9.17) is 0 Å². The van der Waals surface area contributed by atoms with E-state index < -0.39 is 4.92 Å². The maximum Gasteiger partial charge on any atom is 0.269 e. The van der Waals surface area contributed by atoms with Crippen molar-refractivity contribution in [3.05, 3.63) is 75.6 Å². The smallest absolute Gasteiger partial charge is 0.269 e. The Balaban J connectivity index is 1.68. The van der Waals surface area contributed by atoms with Crippen molar-refractivity contribution in [1.82, 2.24) is 10.2 Å². The van der Waals surface area contributed by atoms with Gasteiger partial charge in [0.25, 0.3) is 5.69 Å². The fourth-order valence-corrected chi connectivity index (χ4v) is 3.68. The highest BCUT2D eigenvalue weighted by Crippen LogP contribution is 2.28. The van der Waals surface area contributed by atoms with Gasteiger partial charge in [-0.05, 0) is 55.4 Å². The minimum absolute atomic E-state index is 0.00590. The van der Waals surface area contributed by atoms with Gasteiger partial charge in [0.05, 0.1) is 11.0 Å². The zero-order valence-corrected chi connectivity index (χ0v) is 17.8. The average Bonchev–Trinajstić information content (AvgIpc) is 2.78. The van der Waals surface area contributed by atoms with Crippen LogP contribution in [0.5, 0.6) is 0 Å². The van der Waals surface area contributed by atoms with Crippen LogP contribution in [0.4, 0.5) is 15.8 Å². The summed E-state index contributed by atoms with van der Waals surface area (Å²) in [5.41, 5.74) is 2.34. The SMILES string of the molecule is CCN1CCN(c2ccc(F)cc2C(C)NC(=O)/C=C/c2ccc([N+](=O)[O-])cc2)CC1. The van der Waals surface area contributed by atoms with Gasteiger partial charge in [0.1, 0.15) is 5.82 Å². The lowest BCUT2D eigenvalue weighted by Gasteiger charge is -2.37. The van der Waals surface area contributed by atoms with Crippen LogP contribution in [0.2, 0.25) is 0 Å². The van der Waals surface area contributed by atoms with Gasteiger partial charge in [-0.25, -0.2) is 4.39 Å². The molecular formula is C23H27FN4O3. The number of nitrogens with zero attached hydrogens (tertiary/aromatic N) is 3. The van der Waals surface area contributed by atoms with Crippen molar-refractivity contribution < 1.29 is 14.1 Å². The summed E-state index contributed by atoms with van der Waals surface area (Å²) in [6.45, 7) is 8.59. The van der Waals surface area contributed by atoms with E-state index in [9.17, 15) is 19.3 Å². The van der Waals surface area contributed by atoms with Gasteiger partial charge in [0, 0.05) is 55.6 Å². The van der Waals surface area contributed by atoms with Gasteiger partial charge >= 0.3 is 0 Å². The van der Waals surface area contributed by atoms with Crippen LogP contribution in [0.25, 0.3) is 6.08 Å². The molecule has 1 atom stereocenters. The van der Waals surface area contributed by atoms with Crippen molar-refractivity contribution in [2.24, 2.45) is 0 Å². The summed E-state index contributed by atoms with van der Waals surface area (Å²) < 4.78 is 14.0. The van der Waals surface area contributed by atoms with Crippen molar-refractivity contribution >= 4 is 23.4 Å². The summed E-state index contributed by atoms with van der Waals surface area (Å²) in [5.74, 6) is -0.662. The number of piperazine rings is 1. The molecule has 7 nitrogen and oxygen atoms in total. The number of hydrogen-bond donors (Lipinski definition) is 1. The molecule has 2 aromatic rings. The van der Waals surface area contributed by atoms with Gasteiger partial charge in [-0.3, -0.25) is 14.9 Å². The van der Waals surface area contributed by atoms with Gasteiger partial charge in [0.15, 0.2) is 0 Å². The number of nitrogens with one attached hydrogen (secondary N) is 1. The highest BCUT2D eigenvalue weighted by molar-refractivity contribution is 5.92. The molecule has 1 saturated heterocycles. The molecule has 1 aliphatic rings. The molecule has 1 amide bonds. The second kappa shape index (κ2) is 10.2. The van der Waals surface area contributed by atoms with Crippen molar-refractivity contribution in [3.8, 4) is 0 Å². The van der Waals surface area contributed by atoms with Gasteiger partial charge in [-0.2, -0.15) is 0 Å². The van der Waals surface area contributed by atoms with Crippen molar-refractivity contribution in [3.63, 3.8) is 0 Å². The van der Waals surface area contributed by atoms with Crippen LogP contribution in [-0.4, -0.2) is 48.5 Å². The Bertz CT molecular complexity index is 954. The molecule has 0 aliphatic carbocycles. The number of benzene rings is 2. The van der Waals surface area contributed by atoms with Crippen molar-refractivity contribution in [2.75, 3.05) is 37.6 Å². The lowest BCUT2D eigenvalue weighted by atomic mass is 10.0. The predicted molar refractivity (Wildman–Crippen MR) is 119 cm³/mol. The van der Waals surface area contributed by atoms with Crippen LogP contribution >= 0.6 is 0 Å². The molecule has 0 bridgehead atoms. The largest absolute Gasteiger partial charge is 0.369 e. The van der Waals surface area contributed by atoms with Crippen LogP contribution in [0.1, 0.15) is 31.0 Å². The number of amides is 1. The van der Waals surface area contributed by atoms with E-state index in [2.05, 4.69) is 22.0 Å². The van der Waals surface area contributed by atoms with Crippen molar-refractivity contribution in [2.45, 2.75) is 19.9 Å². The molecule has 164 valence electrons. The van der Waals surface area contributed by atoms with Gasteiger partial charge in [-0.15, -0.1) is 0 Å². The lowest BCUT2D eigenvalue weighted by Crippen LogP contribution is -2.46. The van der Waals surface area contributed by atoms with Crippen LogP contribution in [0.3, 0.4) is 0 Å². The molecule has 2 aromatic carbocycles. The number of anilines is 1. The quantitative estimate of drug-likeness (QED) is 0.414. The molecule has 1 heterocycles. The number of nitro groups is 1. The molecular weight excluding hydrogens is 399 g/mol. The molecule has 1 aliphatic heterocycles. The summed E-state index contributed by atoms with van der Waals surface area (Å²) in [6, 6.07) is 10.2. The first-order chi connectivity index (χ1) is 14.9. The topological polar surface area (TPSA) is 78.7 Å². The Kier molecular flexibility index (Phi) is 7.36. The number of rotatable bonds is 7. The predicted octanol–water partition coefficient (Wildman–Crippen LogP) is 3.77. The fraction of sp³-hybridized carbons (Fsp3) is 0.348. The summed E-state index contributed by atoms with van der Waals surface area (Å²) in [7, 11) is 0. The Hall–Kier alpha value is -3.26. The molecule has 1 unspecified atom stereocenters. The van der Waals surface area contributed by atoms with Gasteiger partial charge < -0.3 is 15.1 Å². The van der Waals surface area contributed by atoms with Crippen LogP contribution < -0.4 is 10.2 Å². The van der Waals surface area contributed by atoms with Crippen LogP contribution in [0, 0.1) is 15.9 Å². The number of likely N-dealkylation sites (N-methyl/N-ethyl adjacent to an activating group) is 1. The van der Waals surface area contributed by atoms with E-state index in [1.165, 1.54) is 30.3 Å². The van der Waals surface area contributed by atoms with Gasteiger partial charge in [0.2, 0.25) is 5.91 Å². The number of halogens is 1. The molecule has 0 aromatic heterocycles. The third kappa shape index (κ3) is 5.88. The first kappa shape index (κ1) is 22.4. The summed E-state index contributed by atoms with van der Waals surface area (Å²) in [5, 5.41) is 13.6. The second-order valence-corrected chi connectivity index (χ2v) is 7.54. The molecule has 0 spiro atoms. The van der Waals surface area contributed by atoms with E-state index in [1.807, 2.05) is 6.92 Å². The Morgan fingerprint density at radius 2 is 1.87 bits per heavy atom. The zero-order chi connectivity index (χ0) is 22.4. The number of hydrogen-bond acceptors (Lipinski definition) is 5. The van der Waals surface area contributed by atoms with Gasteiger partial charge in [-0.1, -0.05) is 6.92 Å². The summed E-state index contributed by atoms with van der Waals surface area (Å²) in [6.07, 6.45) is 2.96. The lowest BCUT2D eigenvalue weighted by molar-refractivity contribution is -0.384. The maximum atomic E-state index is 14.0. The molecule has 3 rings (SSSR count). The van der Waals surface area contributed by atoms with E-state index in [1.54, 1.807) is 24.3 Å². The first-order valence-electron chi connectivity index (χ1n) is 10.4. The zero-order valence-electron chi connectivity index (χ0n) is 17.8. The standard InChI is InChI=1S/C23H27FN4O3/c1-3-26-12-14-27(15-13-26)22-10-7-19(24)16-21(22)17(2)25-23(29)11-6-18-4-8-20(9-5-18)28(30)31/h4-11,16-17H,3,12-15H2,1-2H3,(H,25,29)/b11-6+. The van der Waals surface area contributed by atoms with Crippen molar-refractivity contribution in [1.29, 1.82) is 0 Å². The van der Waals surface area contributed by atoms with Crippen LogP contribution in [0.15, 0.2) is 48.5 Å². The van der Waals surface area contributed by atoms with Crippen LogP contribution in [-0.2, 0) is 4.79 Å². The van der Waals surface area contributed by atoms with E-state index in [0.717, 1.165) is 44.0 Å². The Morgan fingerprint density at radius 3 is 2.48 bits per heavy atom. The fourth-order valence-electron chi connectivity index (χ4n) is 3.68. The highest BCUT2D eigenvalue weighted by Gasteiger charge is 2.21. The number of carbonyl (C=O) groups is 1. The molecule has 1 N–H and O–H groups in total. The molecule has 31 heavy (non-hydrogen) atoms. The van der Waals surface area contributed by atoms with E-state index in [-0.39, 0.29) is 23.5 Å². The molecule has 0 radical (unpaired) electrons. The van der Waals surface area contributed by atoms with E-state index in [0.29, 0.717) is 5.56 Å². The number of nitro benzene ring substituents is 1. The molecule has 0 saturated carbocycles.